The van der Waals surface area contributed by atoms with E-state index in [1.54, 1.807) is 0 Å². The fourth-order valence-corrected chi connectivity index (χ4v) is 2.44. The molecule has 1 unspecified atom stereocenters. The minimum atomic E-state index is 0.311. The van der Waals surface area contributed by atoms with Crippen LogP contribution in [0, 0.1) is 18.3 Å². The van der Waals surface area contributed by atoms with Gasteiger partial charge in [-0.25, -0.2) is 0 Å². The molecule has 90 valence electrons. The Morgan fingerprint density at radius 1 is 1.53 bits per heavy atom. The molecule has 1 aliphatic heterocycles. The predicted molar refractivity (Wildman–Crippen MR) is 68.1 cm³/mol. The zero-order chi connectivity index (χ0) is 12.3. The topological polar surface area (TPSA) is 36.3 Å². The van der Waals surface area contributed by atoms with E-state index in [1.807, 2.05) is 32.2 Å². The van der Waals surface area contributed by atoms with Gasteiger partial charge in [-0.05, 0) is 31.4 Å². The smallest absolute Gasteiger partial charge is 0.101 e. The van der Waals surface area contributed by atoms with Crippen LogP contribution in [-0.4, -0.2) is 26.3 Å². The number of anilines is 1. The lowest BCUT2D eigenvalue weighted by Gasteiger charge is -2.25. The summed E-state index contributed by atoms with van der Waals surface area (Å²) in [5, 5.41) is 9.14. The standard InChI is InChI=1S/C14H18N2O/c1-11-5-3-6-12(9-15)14(11)16(2)10-13-7-4-8-17-13/h3,5-6,13H,4,7-8,10H2,1-2H3. The van der Waals surface area contributed by atoms with Gasteiger partial charge >= 0.3 is 0 Å². The second kappa shape index (κ2) is 5.20. The fourth-order valence-electron chi connectivity index (χ4n) is 2.44. The fraction of sp³-hybridized carbons (Fsp3) is 0.500. The van der Waals surface area contributed by atoms with E-state index in [1.165, 1.54) is 0 Å². The zero-order valence-corrected chi connectivity index (χ0v) is 10.4. The SMILES string of the molecule is Cc1cccc(C#N)c1N(C)CC1CCCO1. The molecule has 1 fully saturated rings. The van der Waals surface area contributed by atoms with E-state index < -0.39 is 0 Å². The van der Waals surface area contributed by atoms with Crippen LogP contribution in [0.4, 0.5) is 5.69 Å². The molecule has 0 aromatic heterocycles. The van der Waals surface area contributed by atoms with Crippen LogP contribution >= 0.6 is 0 Å². The summed E-state index contributed by atoms with van der Waals surface area (Å²) in [5.74, 6) is 0. The van der Waals surface area contributed by atoms with Gasteiger partial charge in [0.15, 0.2) is 0 Å². The number of nitrogens with zero attached hydrogens (tertiary/aromatic N) is 2. The number of aryl methyl sites for hydroxylation is 1. The molecule has 3 heteroatoms. The van der Waals surface area contributed by atoms with E-state index in [0.29, 0.717) is 6.10 Å². The van der Waals surface area contributed by atoms with Crippen LogP contribution in [-0.2, 0) is 4.74 Å². The average molecular weight is 230 g/mol. The highest BCUT2D eigenvalue weighted by Gasteiger charge is 2.19. The molecular weight excluding hydrogens is 212 g/mol. The average Bonchev–Trinajstić information content (AvgIpc) is 2.81. The third-order valence-electron chi connectivity index (χ3n) is 3.24. The summed E-state index contributed by atoms with van der Waals surface area (Å²) < 4.78 is 5.63. The van der Waals surface area contributed by atoms with E-state index in [0.717, 1.165) is 42.8 Å². The molecule has 0 aliphatic carbocycles. The number of rotatable bonds is 3. The number of likely N-dealkylation sites (N-methyl/N-ethyl adjacent to an activating group) is 1. The van der Waals surface area contributed by atoms with Gasteiger partial charge in [-0.15, -0.1) is 0 Å². The van der Waals surface area contributed by atoms with Crippen molar-refractivity contribution in [2.45, 2.75) is 25.9 Å². The number of para-hydroxylation sites is 1. The highest BCUT2D eigenvalue weighted by Crippen LogP contribution is 2.25. The van der Waals surface area contributed by atoms with Crippen LogP contribution in [0.5, 0.6) is 0 Å². The van der Waals surface area contributed by atoms with E-state index >= 15 is 0 Å². The van der Waals surface area contributed by atoms with E-state index in [2.05, 4.69) is 11.0 Å². The number of hydrogen-bond donors (Lipinski definition) is 0. The summed E-state index contributed by atoms with van der Waals surface area (Å²) in [7, 11) is 2.03. The van der Waals surface area contributed by atoms with Crippen LogP contribution in [0.25, 0.3) is 0 Å². The van der Waals surface area contributed by atoms with Gasteiger partial charge in [0.2, 0.25) is 0 Å². The van der Waals surface area contributed by atoms with Crippen molar-refractivity contribution in [1.29, 1.82) is 5.26 Å². The van der Waals surface area contributed by atoms with Gasteiger partial charge in [0.1, 0.15) is 6.07 Å². The molecule has 2 rings (SSSR count). The molecule has 0 saturated carbocycles. The second-order valence-corrected chi connectivity index (χ2v) is 4.60. The first-order chi connectivity index (χ1) is 8.22. The molecule has 0 spiro atoms. The Balaban J connectivity index is 2.18. The maximum Gasteiger partial charge on any atom is 0.101 e. The van der Waals surface area contributed by atoms with E-state index in [9.17, 15) is 0 Å². The largest absolute Gasteiger partial charge is 0.376 e. The first-order valence-electron chi connectivity index (χ1n) is 6.05. The molecule has 1 atom stereocenters. The Morgan fingerprint density at radius 3 is 3.00 bits per heavy atom. The van der Waals surface area contributed by atoms with Crippen molar-refractivity contribution in [3.63, 3.8) is 0 Å². The monoisotopic (exact) mass is 230 g/mol. The molecule has 1 saturated heterocycles. The summed E-state index contributed by atoms with van der Waals surface area (Å²) in [6.07, 6.45) is 2.58. The minimum Gasteiger partial charge on any atom is -0.376 e. The molecular formula is C14H18N2O. The van der Waals surface area contributed by atoms with Gasteiger partial charge in [-0.1, -0.05) is 12.1 Å². The lowest BCUT2D eigenvalue weighted by Crippen LogP contribution is -2.29. The Kier molecular flexibility index (Phi) is 3.65. The number of ether oxygens (including phenoxy) is 1. The third kappa shape index (κ3) is 2.59. The summed E-state index contributed by atoms with van der Waals surface area (Å²) in [6.45, 7) is 3.78. The second-order valence-electron chi connectivity index (χ2n) is 4.60. The Hall–Kier alpha value is -1.53. The van der Waals surface area contributed by atoms with Crippen molar-refractivity contribution < 1.29 is 4.74 Å². The molecule has 17 heavy (non-hydrogen) atoms. The van der Waals surface area contributed by atoms with Gasteiger partial charge in [-0.2, -0.15) is 5.26 Å². The predicted octanol–water partition coefficient (Wildman–Crippen LogP) is 2.48. The molecule has 1 aromatic rings. The van der Waals surface area contributed by atoms with E-state index in [-0.39, 0.29) is 0 Å². The van der Waals surface area contributed by atoms with Gasteiger partial charge in [0.05, 0.1) is 17.4 Å². The third-order valence-corrected chi connectivity index (χ3v) is 3.24. The Labute approximate surface area is 103 Å². The Bertz CT molecular complexity index is 430. The summed E-state index contributed by atoms with van der Waals surface area (Å²) in [6, 6.07) is 8.10. The lowest BCUT2D eigenvalue weighted by atomic mass is 10.1. The number of hydrogen-bond acceptors (Lipinski definition) is 3. The van der Waals surface area contributed by atoms with Crippen molar-refractivity contribution in [2.75, 3.05) is 25.1 Å². The van der Waals surface area contributed by atoms with Crippen LogP contribution in [0.3, 0.4) is 0 Å². The minimum absolute atomic E-state index is 0.311. The molecule has 3 nitrogen and oxygen atoms in total. The van der Waals surface area contributed by atoms with Crippen LogP contribution in [0.15, 0.2) is 18.2 Å². The zero-order valence-electron chi connectivity index (χ0n) is 10.4. The van der Waals surface area contributed by atoms with Crippen LogP contribution in [0.2, 0.25) is 0 Å². The first-order valence-corrected chi connectivity index (χ1v) is 6.05. The number of nitriles is 1. The molecule has 0 N–H and O–H groups in total. The highest BCUT2D eigenvalue weighted by atomic mass is 16.5. The molecule has 1 aliphatic rings. The molecule has 0 bridgehead atoms. The van der Waals surface area contributed by atoms with Crippen molar-refractivity contribution >= 4 is 5.69 Å². The van der Waals surface area contributed by atoms with Gasteiger partial charge in [0.25, 0.3) is 0 Å². The van der Waals surface area contributed by atoms with Crippen molar-refractivity contribution in [1.82, 2.24) is 0 Å². The lowest BCUT2D eigenvalue weighted by molar-refractivity contribution is 0.116. The number of benzene rings is 1. The van der Waals surface area contributed by atoms with Gasteiger partial charge in [-0.3, -0.25) is 0 Å². The summed E-state index contributed by atoms with van der Waals surface area (Å²) in [4.78, 5) is 2.14. The molecule has 0 radical (unpaired) electrons. The molecule has 1 heterocycles. The summed E-state index contributed by atoms with van der Waals surface area (Å²) >= 11 is 0. The molecule has 1 aromatic carbocycles. The summed E-state index contributed by atoms with van der Waals surface area (Å²) in [5.41, 5.74) is 2.92. The van der Waals surface area contributed by atoms with Gasteiger partial charge in [0, 0.05) is 20.2 Å². The van der Waals surface area contributed by atoms with Crippen molar-refractivity contribution in [3.8, 4) is 6.07 Å². The first kappa shape index (κ1) is 11.9. The van der Waals surface area contributed by atoms with Crippen molar-refractivity contribution in [3.05, 3.63) is 29.3 Å². The maximum absolute atomic E-state index is 9.14. The van der Waals surface area contributed by atoms with Gasteiger partial charge < -0.3 is 9.64 Å². The van der Waals surface area contributed by atoms with E-state index in [4.69, 9.17) is 10.00 Å². The van der Waals surface area contributed by atoms with Crippen LogP contribution in [0.1, 0.15) is 24.0 Å². The molecule has 0 amide bonds. The normalized spacial score (nSPS) is 19.0. The Morgan fingerprint density at radius 2 is 2.35 bits per heavy atom. The van der Waals surface area contributed by atoms with Crippen LogP contribution < -0.4 is 4.90 Å². The highest BCUT2D eigenvalue weighted by molar-refractivity contribution is 5.63. The quantitative estimate of drug-likeness (QED) is 0.800. The maximum atomic E-state index is 9.14. The van der Waals surface area contributed by atoms with Crippen molar-refractivity contribution in [2.24, 2.45) is 0 Å².